The monoisotopic (exact) mass is 517 g/mol. The maximum atomic E-state index is 13.1. The number of nitrogens with two attached hydrogens (primary N) is 1. The van der Waals surface area contributed by atoms with Crippen LogP contribution in [0.4, 0.5) is 15.8 Å². The molecule has 0 radical (unpaired) electrons. The van der Waals surface area contributed by atoms with E-state index < -0.39 is 5.82 Å². The molecule has 1 fully saturated rings. The number of anilines is 2. The summed E-state index contributed by atoms with van der Waals surface area (Å²) in [6.07, 6.45) is 0. The van der Waals surface area contributed by atoms with Crippen molar-refractivity contribution in [2.75, 3.05) is 42.9 Å². The summed E-state index contributed by atoms with van der Waals surface area (Å²) in [5.41, 5.74) is 7.53. The zero-order valence-electron chi connectivity index (χ0n) is 15.1. The first-order chi connectivity index (χ1) is 13.0. The van der Waals surface area contributed by atoms with Crippen molar-refractivity contribution in [3.05, 3.63) is 59.4 Å². The van der Waals surface area contributed by atoms with Crippen molar-refractivity contribution >= 4 is 58.8 Å². The summed E-state index contributed by atoms with van der Waals surface area (Å²) in [6, 6.07) is 13.4. The van der Waals surface area contributed by atoms with Crippen molar-refractivity contribution in [1.29, 1.82) is 0 Å². The van der Waals surface area contributed by atoms with E-state index in [1.54, 1.807) is 6.07 Å². The molecule has 2 aromatic rings. The lowest BCUT2D eigenvalue weighted by atomic mass is 10.2. The SMILES string of the molecule is I.NC(=NCC(=O)Nc1cccc(F)c1)N1CCN(c2ccc(Cl)cc2)CC1. The fourth-order valence-corrected chi connectivity index (χ4v) is 2.99. The maximum Gasteiger partial charge on any atom is 0.246 e. The predicted octanol–water partition coefficient (Wildman–Crippen LogP) is 3.17. The first-order valence-electron chi connectivity index (χ1n) is 8.62. The molecule has 0 spiro atoms. The van der Waals surface area contributed by atoms with Crippen molar-refractivity contribution in [3.63, 3.8) is 0 Å². The number of benzene rings is 2. The molecule has 0 aromatic heterocycles. The van der Waals surface area contributed by atoms with E-state index in [1.165, 1.54) is 18.2 Å². The van der Waals surface area contributed by atoms with Gasteiger partial charge >= 0.3 is 0 Å². The van der Waals surface area contributed by atoms with Crippen molar-refractivity contribution in [1.82, 2.24) is 4.90 Å². The molecule has 1 aliphatic heterocycles. The smallest absolute Gasteiger partial charge is 0.246 e. The number of nitrogens with zero attached hydrogens (tertiary/aromatic N) is 3. The van der Waals surface area contributed by atoms with E-state index in [1.807, 2.05) is 29.2 Å². The number of hydrogen-bond acceptors (Lipinski definition) is 3. The Hall–Kier alpha value is -2.07. The maximum absolute atomic E-state index is 13.1. The van der Waals surface area contributed by atoms with Gasteiger partial charge < -0.3 is 20.9 Å². The zero-order chi connectivity index (χ0) is 19.2. The van der Waals surface area contributed by atoms with Gasteiger partial charge in [0, 0.05) is 42.6 Å². The molecule has 1 aliphatic rings. The first-order valence-corrected chi connectivity index (χ1v) is 9.00. The summed E-state index contributed by atoms with van der Waals surface area (Å²) in [4.78, 5) is 20.3. The highest BCUT2D eigenvalue weighted by atomic mass is 127. The van der Waals surface area contributed by atoms with Gasteiger partial charge in [-0.25, -0.2) is 9.38 Å². The van der Waals surface area contributed by atoms with Crippen molar-refractivity contribution in [2.45, 2.75) is 0 Å². The molecule has 28 heavy (non-hydrogen) atoms. The number of rotatable bonds is 4. The molecular formula is C19H22ClFIN5O. The summed E-state index contributed by atoms with van der Waals surface area (Å²) in [6.45, 7) is 2.91. The Morgan fingerprint density at radius 3 is 2.46 bits per heavy atom. The number of amides is 1. The van der Waals surface area contributed by atoms with Gasteiger partial charge in [0.05, 0.1) is 0 Å². The second-order valence-corrected chi connectivity index (χ2v) is 6.62. The molecule has 0 bridgehead atoms. The molecule has 3 rings (SSSR count). The number of carbonyl (C=O) groups excluding carboxylic acids is 1. The van der Waals surface area contributed by atoms with Gasteiger partial charge in [-0.3, -0.25) is 4.79 Å². The Morgan fingerprint density at radius 2 is 1.82 bits per heavy atom. The molecule has 0 aliphatic carbocycles. The molecule has 1 saturated heterocycles. The number of halogens is 3. The van der Waals surface area contributed by atoms with Crippen molar-refractivity contribution in [2.24, 2.45) is 10.7 Å². The van der Waals surface area contributed by atoms with Crippen LogP contribution >= 0.6 is 35.6 Å². The molecule has 150 valence electrons. The molecule has 0 unspecified atom stereocenters. The third-order valence-corrected chi connectivity index (χ3v) is 4.54. The minimum absolute atomic E-state index is 0. The van der Waals surface area contributed by atoms with E-state index in [9.17, 15) is 9.18 Å². The number of hydrogen-bond donors (Lipinski definition) is 2. The van der Waals surface area contributed by atoms with Crippen LogP contribution in [0, 0.1) is 5.82 Å². The van der Waals surface area contributed by atoms with Gasteiger partial charge in [-0.2, -0.15) is 0 Å². The zero-order valence-corrected chi connectivity index (χ0v) is 18.2. The lowest BCUT2D eigenvalue weighted by Crippen LogP contribution is -2.51. The summed E-state index contributed by atoms with van der Waals surface area (Å²) in [5.74, 6) is -0.419. The van der Waals surface area contributed by atoms with Crippen molar-refractivity contribution in [3.8, 4) is 0 Å². The van der Waals surface area contributed by atoms with Crippen molar-refractivity contribution < 1.29 is 9.18 Å². The molecular weight excluding hydrogens is 496 g/mol. The summed E-state index contributed by atoms with van der Waals surface area (Å²) in [5, 5.41) is 3.31. The number of carbonyl (C=O) groups is 1. The highest BCUT2D eigenvalue weighted by Gasteiger charge is 2.18. The highest BCUT2D eigenvalue weighted by molar-refractivity contribution is 14.0. The Labute approximate surface area is 185 Å². The highest BCUT2D eigenvalue weighted by Crippen LogP contribution is 2.19. The van der Waals surface area contributed by atoms with Gasteiger partial charge in [0.15, 0.2) is 5.96 Å². The van der Waals surface area contributed by atoms with Gasteiger partial charge in [0.2, 0.25) is 5.91 Å². The Balaban J connectivity index is 0.00000280. The third-order valence-electron chi connectivity index (χ3n) is 4.29. The van der Waals surface area contributed by atoms with Gasteiger partial charge in [-0.1, -0.05) is 17.7 Å². The molecule has 9 heteroatoms. The van der Waals surface area contributed by atoms with Crippen LogP contribution in [-0.4, -0.2) is 49.5 Å². The van der Waals surface area contributed by atoms with Crippen LogP contribution < -0.4 is 16.0 Å². The van der Waals surface area contributed by atoms with Crippen LogP contribution in [0.2, 0.25) is 5.02 Å². The topological polar surface area (TPSA) is 74.0 Å². The number of nitrogens with one attached hydrogen (secondary N) is 1. The fraction of sp³-hybridized carbons (Fsp3) is 0.263. The predicted molar refractivity (Wildman–Crippen MR) is 122 cm³/mol. The molecule has 2 aromatic carbocycles. The van der Waals surface area contributed by atoms with Gasteiger partial charge in [0.1, 0.15) is 12.4 Å². The Kier molecular flexibility index (Phi) is 8.31. The molecule has 6 nitrogen and oxygen atoms in total. The van der Waals surface area contributed by atoms with Gasteiger partial charge in [-0.15, -0.1) is 24.0 Å². The van der Waals surface area contributed by atoms with E-state index in [-0.39, 0.29) is 36.4 Å². The van der Waals surface area contributed by atoms with E-state index in [0.29, 0.717) is 29.8 Å². The molecule has 1 heterocycles. The molecule has 3 N–H and O–H groups in total. The molecule has 1 amide bonds. The lowest BCUT2D eigenvalue weighted by Gasteiger charge is -2.36. The second-order valence-electron chi connectivity index (χ2n) is 6.18. The van der Waals surface area contributed by atoms with E-state index in [4.69, 9.17) is 17.3 Å². The summed E-state index contributed by atoms with van der Waals surface area (Å²) < 4.78 is 13.1. The van der Waals surface area contributed by atoms with Gasteiger partial charge in [0.25, 0.3) is 0 Å². The third kappa shape index (κ3) is 6.23. The first kappa shape index (κ1) is 22.2. The van der Waals surface area contributed by atoms with E-state index in [2.05, 4.69) is 15.2 Å². The number of aliphatic imine (C=N–C) groups is 1. The quantitative estimate of drug-likeness (QED) is 0.371. The number of piperazine rings is 1. The second kappa shape index (κ2) is 10.5. The fourth-order valence-electron chi connectivity index (χ4n) is 2.87. The largest absolute Gasteiger partial charge is 0.370 e. The average molecular weight is 518 g/mol. The molecule has 0 saturated carbocycles. The lowest BCUT2D eigenvalue weighted by molar-refractivity contribution is -0.114. The normalized spacial score (nSPS) is 14.4. The van der Waals surface area contributed by atoms with Crippen LogP contribution in [0.25, 0.3) is 0 Å². The van der Waals surface area contributed by atoms with Crippen LogP contribution in [-0.2, 0) is 4.79 Å². The van der Waals surface area contributed by atoms with Crippen LogP contribution in [0.15, 0.2) is 53.5 Å². The van der Waals surface area contributed by atoms with Crippen LogP contribution in [0.1, 0.15) is 0 Å². The summed E-state index contributed by atoms with van der Waals surface area (Å²) in [7, 11) is 0. The van der Waals surface area contributed by atoms with Crippen LogP contribution in [0.5, 0.6) is 0 Å². The van der Waals surface area contributed by atoms with Crippen LogP contribution in [0.3, 0.4) is 0 Å². The summed E-state index contributed by atoms with van der Waals surface area (Å²) >= 11 is 5.92. The van der Waals surface area contributed by atoms with E-state index >= 15 is 0 Å². The minimum atomic E-state index is -0.408. The van der Waals surface area contributed by atoms with E-state index in [0.717, 1.165) is 18.8 Å². The van der Waals surface area contributed by atoms with Gasteiger partial charge in [-0.05, 0) is 42.5 Å². The Morgan fingerprint density at radius 1 is 1.14 bits per heavy atom. The molecule has 0 atom stereocenters. The Bertz CT molecular complexity index is 825. The average Bonchev–Trinajstić information content (AvgIpc) is 2.67. The minimum Gasteiger partial charge on any atom is -0.370 e. The standard InChI is InChI=1S/C19H21ClFN5O.HI/c20-14-4-6-17(7-5-14)25-8-10-26(11-9-25)19(22)23-13-18(27)24-16-3-1-2-15(21)12-16;/h1-7,12H,8-11,13H2,(H2,22,23)(H,24,27);1H. The number of guanidine groups is 1.